The van der Waals surface area contributed by atoms with Crippen LogP contribution in [-0.2, 0) is 23.1 Å². The van der Waals surface area contributed by atoms with Gasteiger partial charge in [0, 0.05) is 6.42 Å². The molecule has 0 aromatic carbocycles. The predicted octanol–water partition coefficient (Wildman–Crippen LogP) is 2.50. The molecule has 0 saturated carbocycles. The Balaban J connectivity index is 1.78. The fourth-order valence-electron chi connectivity index (χ4n) is 4.70. The van der Waals surface area contributed by atoms with Gasteiger partial charge in [0.1, 0.15) is 17.8 Å². The first kappa shape index (κ1) is 24.3. The lowest BCUT2D eigenvalue weighted by atomic mass is 9.76. The molecule has 2 saturated heterocycles. The third kappa shape index (κ3) is 4.87. The molecule has 2 aromatic heterocycles. The average molecular weight is 485 g/mol. The number of nitrogens with zero attached hydrogens (tertiary/aromatic N) is 3. The molecule has 13 heteroatoms. The van der Waals surface area contributed by atoms with Gasteiger partial charge < -0.3 is 20.1 Å². The number of aromatic amines is 1. The summed E-state index contributed by atoms with van der Waals surface area (Å²) < 4.78 is 38.2. The first-order valence-corrected chi connectivity index (χ1v) is 12.3. The zero-order chi connectivity index (χ0) is 24.4. The van der Waals surface area contributed by atoms with Crippen LogP contribution in [0.2, 0.25) is 0 Å². The van der Waals surface area contributed by atoms with Crippen LogP contribution in [0.25, 0.3) is 11.2 Å². The second-order valence-electron chi connectivity index (χ2n) is 10.9. The van der Waals surface area contributed by atoms with Gasteiger partial charge in [-0.2, -0.15) is 4.98 Å². The summed E-state index contributed by atoms with van der Waals surface area (Å²) in [7, 11) is -4.47. The Morgan fingerprint density at radius 3 is 2.70 bits per heavy atom. The van der Waals surface area contributed by atoms with Crippen LogP contribution >= 0.6 is 7.82 Å². The van der Waals surface area contributed by atoms with Gasteiger partial charge in [0.25, 0.3) is 5.56 Å². The minimum atomic E-state index is -4.47. The fourth-order valence-corrected chi connectivity index (χ4v) is 6.04. The quantitative estimate of drug-likeness (QED) is 0.536. The summed E-state index contributed by atoms with van der Waals surface area (Å²) in [6.45, 7) is 11.5. The van der Waals surface area contributed by atoms with Gasteiger partial charge in [-0.25, -0.2) is 9.55 Å². The van der Waals surface area contributed by atoms with Crippen LogP contribution in [0.5, 0.6) is 0 Å². The van der Waals surface area contributed by atoms with E-state index in [-0.39, 0.29) is 22.5 Å². The van der Waals surface area contributed by atoms with Crippen molar-refractivity contribution in [3.63, 3.8) is 0 Å². The van der Waals surface area contributed by atoms with E-state index >= 15 is 0 Å². The molecule has 0 spiro atoms. The third-order valence-corrected chi connectivity index (χ3v) is 6.75. The van der Waals surface area contributed by atoms with Crippen LogP contribution in [0, 0.1) is 5.41 Å². The van der Waals surface area contributed by atoms with Crippen molar-refractivity contribution < 1.29 is 28.0 Å². The number of aromatic nitrogens is 4. The van der Waals surface area contributed by atoms with Crippen LogP contribution in [0.15, 0.2) is 11.1 Å². The predicted molar refractivity (Wildman–Crippen MR) is 119 cm³/mol. The highest BCUT2D eigenvalue weighted by molar-refractivity contribution is 7.47. The molecule has 5 atom stereocenters. The maximum Gasteiger partial charge on any atom is 0.473 e. The lowest BCUT2D eigenvalue weighted by Crippen LogP contribution is -2.51. The number of ether oxygens (including phenoxy) is 2. The molecule has 0 radical (unpaired) electrons. The van der Waals surface area contributed by atoms with Crippen molar-refractivity contribution in [1.29, 1.82) is 0 Å². The summed E-state index contributed by atoms with van der Waals surface area (Å²) in [5, 5.41) is 0. The van der Waals surface area contributed by atoms with Crippen molar-refractivity contribution in [1.82, 2.24) is 19.5 Å². The fraction of sp³-hybridized carbons (Fsp3) is 0.750. The minimum Gasteiger partial charge on any atom is -0.371 e. The molecule has 2 aliphatic rings. The molecule has 0 amide bonds. The number of hydrogen-bond donors (Lipinski definition) is 3. The van der Waals surface area contributed by atoms with Gasteiger partial charge in [0.15, 0.2) is 17.4 Å². The van der Waals surface area contributed by atoms with E-state index in [1.807, 2.05) is 0 Å². The van der Waals surface area contributed by atoms with Crippen LogP contribution in [0.4, 0.5) is 5.95 Å². The number of H-pyrrole nitrogens is 1. The number of nitrogens with two attached hydrogens (primary N) is 1. The molecule has 2 aromatic rings. The van der Waals surface area contributed by atoms with E-state index in [1.165, 1.54) is 6.33 Å². The van der Waals surface area contributed by atoms with Crippen LogP contribution in [0.1, 0.15) is 60.6 Å². The lowest BCUT2D eigenvalue weighted by molar-refractivity contribution is -0.137. The van der Waals surface area contributed by atoms with Crippen molar-refractivity contribution in [2.24, 2.45) is 5.41 Å². The molecule has 4 N–H and O–H groups in total. The summed E-state index contributed by atoms with van der Waals surface area (Å²) in [6, 6.07) is 0. The van der Waals surface area contributed by atoms with Gasteiger partial charge in [-0.05, 0) is 32.6 Å². The number of anilines is 1. The molecule has 4 heterocycles. The van der Waals surface area contributed by atoms with Crippen molar-refractivity contribution in [2.75, 3.05) is 12.3 Å². The Kier molecular flexibility index (Phi) is 5.79. The smallest absolute Gasteiger partial charge is 0.371 e. The van der Waals surface area contributed by atoms with Gasteiger partial charge in [0.05, 0.1) is 18.5 Å². The molecule has 2 unspecified atom stereocenters. The standard InChI is InChI=1S/C20H32N5O7P/c1-18(2,3)9-20-7-8-29-12(13(20)31-33(27,28)32-19(4,5)6)16(30-20)25-10-22-11-14(25)23-17(21)24-15(11)26/h10,12-13,16H,7-9H2,1-6H3,(H,27,28)(H3,21,23,24,26)/t12-,13?,16+,20+/m0/s1. The zero-order valence-corrected chi connectivity index (χ0v) is 20.6. The average Bonchev–Trinajstić information content (AvgIpc) is 3.06. The van der Waals surface area contributed by atoms with E-state index in [0.717, 1.165) is 0 Å². The van der Waals surface area contributed by atoms with E-state index < -0.39 is 43.0 Å². The Bertz CT molecular complexity index is 1150. The second-order valence-corrected chi connectivity index (χ2v) is 12.2. The summed E-state index contributed by atoms with van der Waals surface area (Å²) in [5.74, 6) is -0.0632. The van der Waals surface area contributed by atoms with Crippen LogP contribution < -0.4 is 11.3 Å². The number of fused-ring (bicyclic) bond motifs is 3. The van der Waals surface area contributed by atoms with Crippen LogP contribution in [0.3, 0.4) is 0 Å². The Morgan fingerprint density at radius 2 is 2.06 bits per heavy atom. The summed E-state index contributed by atoms with van der Waals surface area (Å²) >= 11 is 0. The SMILES string of the molecule is CC(C)(C)C[C@]12CCO[C@@H](C1OP(=O)(O)OC(C)(C)C)[C@H](n1cnc3c(=O)[nH]c(N)nc31)O2. The first-order chi connectivity index (χ1) is 15.1. The van der Waals surface area contributed by atoms with E-state index in [2.05, 4.69) is 35.7 Å². The third-order valence-electron chi connectivity index (χ3n) is 5.48. The normalized spacial score (nSPS) is 30.0. The van der Waals surface area contributed by atoms with Crippen molar-refractivity contribution >= 4 is 24.9 Å². The van der Waals surface area contributed by atoms with Gasteiger partial charge in [0.2, 0.25) is 5.95 Å². The molecular weight excluding hydrogens is 453 g/mol. The molecule has 4 rings (SSSR count). The monoisotopic (exact) mass is 485 g/mol. The number of imidazole rings is 1. The van der Waals surface area contributed by atoms with Gasteiger partial charge in [-0.15, -0.1) is 0 Å². The van der Waals surface area contributed by atoms with E-state index in [9.17, 15) is 14.3 Å². The number of rotatable bonds is 5. The van der Waals surface area contributed by atoms with E-state index in [0.29, 0.717) is 19.4 Å². The molecule has 12 nitrogen and oxygen atoms in total. The maximum atomic E-state index is 12.9. The zero-order valence-electron chi connectivity index (χ0n) is 19.7. The molecule has 0 aliphatic carbocycles. The van der Waals surface area contributed by atoms with Gasteiger partial charge in [-0.3, -0.25) is 23.4 Å². The summed E-state index contributed by atoms with van der Waals surface area (Å²) in [5.41, 5.74) is 3.55. The number of phosphoric ester groups is 1. The number of phosphoric acid groups is 1. The topological polar surface area (TPSA) is 164 Å². The molecule has 2 aliphatic heterocycles. The highest BCUT2D eigenvalue weighted by Crippen LogP contribution is 2.58. The van der Waals surface area contributed by atoms with Gasteiger partial charge in [-0.1, -0.05) is 20.8 Å². The van der Waals surface area contributed by atoms with Crippen molar-refractivity contribution in [3.8, 4) is 0 Å². The Hall–Kier alpha value is -1.82. The lowest BCUT2D eigenvalue weighted by Gasteiger charge is -2.42. The number of nitrogens with one attached hydrogen (secondary N) is 1. The molecular formula is C20H32N5O7P. The Labute approximate surface area is 191 Å². The maximum absolute atomic E-state index is 12.9. The van der Waals surface area contributed by atoms with Crippen molar-refractivity contribution in [2.45, 2.75) is 84.0 Å². The highest BCUT2D eigenvalue weighted by Gasteiger charge is 2.62. The number of nitrogen functional groups attached to an aromatic ring is 1. The van der Waals surface area contributed by atoms with Crippen LogP contribution in [-0.4, -0.2) is 54.4 Å². The molecule has 33 heavy (non-hydrogen) atoms. The first-order valence-electron chi connectivity index (χ1n) is 10.8. The second kappa shape index (κ2) is 7.86. The van der Waals surface area contributed by atoms with Crippen molar-refractivity contribution in [3.05, 3.63) is 16.7 Å². The molecule has 2 fully saturated rings. The Morgan fingerprint density at radius 1 is 1.36 bits per heavy atom. The molecule has 2 bridgehead atoms. The van der Waals surface area contributed by atoms with Gasteiger partial charge >= 0.3 is 7.82 Å². The largest absolute Gasteiger partial charge is 0.473 e. The highest BCUT2D eigenvalue weighted by atomic mass is 31.2. The number of hydrogen-bond acceptors (Lipinski definition) is 9. The van der Waals surface area contributed by atoms with E-state index in [1.54, 1.807) is 25.3 Å². The molecule has 184 valence electrons. The van der Waals surface area contributed by atoms with E-state index in [4.69, 9.17) is 24.3 Å². The minimum absolute atomic E-state index is 0.0632. The summed E-state index contributed by atoms with van der Waals surface area (Å²) in [6.07, 6.45) is -0.101. The summed E-state index contributed by atoms with van der Waals surface area (Å²) in [4.78, 5) is 33.6.